The van der Waals surface area contributed by atoms with Crippen molar-refractivity contribution in [3.63, 3.8) is 0 Å². The van der Waals surface area contributed by atoms with Gasteiger partial charge in [-0.15, -0.1) is 0 Å². The van der Waals surface area contributed by atoms with Gasteiger partial charge in [0, 0.05) is 44.3 Å². The summed E-state index contributed by atoms with van der Waals surface area (Å²) < 4.78 is 40.5. The number of carbonyl (C=O) groups is 1. The van der Waals surface area contributed by atoms with Gasteiger partial charge in [-0.3, -0.25) is 0 Å². The number of halogens is 2. The zero-order valence-corrected chi connectivity index (χ0v) is 20.3. The molecule has 1 aromatic carbocycles. The summed E-state index contributed by atoms with van der Waals surface area (Å²) in [5.74, 6) is -1.41. The second kappa shape index (κ2) is 12.0. The second-order valence-corrected chi connectivity index (χ2v) is 9.58. The number of benzene rings is 1. The fraction of sp³-hybridized carbons (Fsp3) is 0.654. The molecule has 5 nitrogen and oxygen atoms in total. The first-order valence-electron chi connectivity index (χ1n) is 11.6. The number of aliphatic hydroxyl groups is 2. The maximum Gasteiger partial charge on any atom is 0.344 e. The van der Waals surface area contributed by atoms with Crippen molar-refractivity contribution in [3.8, 4) is 0 Å². The van der Waals surface area contributed by atoms with Crippen molar-refractivity contribution in [1.82, 2.24) is 0 Å². The first-order chi connectivity index (χ1) is 15.5. The lowest BCUT2D eigenvalue weighted by atomic mass is 9.76. The summed E-state index contributed by atoms with van der Waals surface area (Å²) in [6.45, 7) is 7.37. The van der Waals surface area contributed by atoms with Gasteiger partial charge < -0.3 is 19.7 Å². The fourth-order valence-electron chi connectivity index (χ4n) is 4.15. The van der Waals surface area contributed by atoms with Crippen LogP contribution < -0.4 is 0 Å². The van der Waals surface area contributed by atoms with Gasteiger partial charge in [0.05, 0.1) is 12.2 Å². The number of ether oxygens (including phenoxy) is 2. The minimum atomic E-state index is -2.42. The van der Waals surface area contributed by atoms with E-state index in [1.54, 1.807) is 31.2 Å². The summed E-state index contributed by atoms with van der Waals surface area (Å²) in [4.78, 5) is 12.5. The minimum Gasteiger partial charge on any atom is -0.456 e. The van der Waals surface area contributed by atoms with E-state index >= 15 is 0 Å². The molecule has 0 spiro atoms. The minimum absolute atomic E-state index is 0.0782. The summed E-state index contributed by atoms with van der Waals surface area (Å²) in [5, 5.41) is 20.6. The molecular formula is C26H38F2O5. The van der Waals surface area contributed by atoms with E-state index in [0.717, 1.165) is 5.56 Å². The van der Waals surface area contributed by atoms with Crippen LogP contribution in [0.5, 0.6) is 0 Å². The van der Waals surface area contributed by atoms with E-state index in [1.165, 1.54) is 7.11 Å². The normalized spacial score (nSPS) is 30.3. The van der Waals surface area contributed by atoms with Gasteiger partial charge in [0.25, 0.3) is 0 Å². The number of carbonyl (C=O) groups excluding carboxylic acids is 1. The molecule has 2 rings (SSSR count). The summed E-state index contributed by atoms with van der Waals surface area (Å²) in [5.41, 5.74) is 1.29. The third-order valence-corrected chi connectivity index (χ3v) is 6.80. The molecule has 1 aliphatic rings. The van der Waals surface area contributed by atoms with Crippen LogP contribution in [0, 0.1) is 5.92 Å². The molecule has 0 radical (unpaired) electrons. The Bertz CT molecular complexity index is 806. The SMILES string of the molecule is CCC(C=C(C)C1CC(OC)CC(O)C(C)(C)c2cccc(c2)CC(F)C(F)C(=O)O1)CO. The zero-order chi connectivity index (χ0) is 24.8. The molecular weight excluding hydrogens is 430 g/mol. The van der Waals surface area contributed by atoms with Gasteiger partial charge in [-0.25, -0.2) is 13.6 Å². The second-order valence-electron chi connectivity index (χ2n) is 9.58. The maximum atomic E-state index is 14.8. The van der Waals surface area contributed by atoms with Crippen molar-refractivity contribution >= 4 is 5.97 Å². The van der Waals surface area contributed by atoms with Crippen LogP contribution in [0.4, 0.5) is 8.78 Å². The Hall–Kier alpha value is -1.83. The van der Waals surface area contributed by atoms with E-state index in [4.69, 9.17) is 9.47 Å². The number of aliphatic hydroxyl groups excluding tert-OH is 2. The molecule has 1 heterocycles. The number of rotatable bonds is 5. The molecule has 1 aromatic rings. The maximum absolute atomic E-state index is 14.8. The van der Waals surface area contributed by atoms with Gasteiger partial charge in [0.1, 0.15) is 12.3 Å². The first kappa shape index (κ1) is 27.4. The van der Waals surface area contributed by atoms with Crippen LogP contribution in [0.25, 0.3) is 0 Å². The Kier molecular flexibility index (Phi) is 10.0. The predicted molar refractivity (Wildman–Crippen MR) is 124 cm³/mol. The molecule has 0 amide bonds. The highest BCUT2D eigenvalue weighted by atomic mass is 19.2. The lowest BCUT2D eigenvalue weighted by Gasteiger charge is -2.35. The molecule has 0 saturated heterocycles. The van der Waals surface area contributed by atoms with Crippen LogP contribution in [-0.4, -0.2) is 60.6 Å². The van der Waals surface area contributed by atoms with E-state index in [0.29, 0.717) is 17.6 Å². The van der Waals surface area contributed by atoms with Crippen molar-refractivity contribution in [3.05, 3.63) is 47.0 Å². The van der Waals surface area contributed by atoms with Crippen LogP contribution in [0.15, 0.2) is 35.9 Å². The number of hydrogen-bond acceptors (Lipinski definition) is 5. The number of alkyl halides is 2. The van der Waals surface area contributed by atoms with Crippen molar-refractivity contribution < 1.29 is 33.3 Å². The number of hydrogen-bond donors (Lipinski definition) is 2. The van der Waals surface area contributed by atoms with Gasteiger partial charge in [-0.1, -0.05) is 51.1 Å². The highest BCUT2D eigenvalue weighted by Crippen LogP contribution is 2.33. The molecule has 2 N–H and O–H groups in total. The van der Waals surface area contributed by atoms with E-state index < -0.39 is 42.0 Å². The molecule has 1 aliphatic heterocycles. The van der Waals surface area contributed by atoms with E-state index in [1.807, 2.05) is 26.8 Å². The molecule has 0 fully saturated rings. The van der Waals surface area contributed by atoms with Crippen LogP contribution in [0.1, 0.15) is 58.1 Å². The summed E-state index contributed by atoms with van der Waals surface area (Å²) in [7, 11) is 1.50. The first-order valence-corrected chi connectivity index (χ1v) is 11.6. The predicted octanol–water partition coefficient (Wildman–Crippen LogP) is 4.23. The Morgan fingerprint density at radius 1 is 1.33 bits per heavy atom. The topological polar surface area (TPSA) is 76.0 Å². The fourth-order valence-corrected chi connectivity index (χ4v) is 4.15. The Balaban J connectivity index is 2.46. The van der Waals surface area contributed by atoms with Crippen LogP contribution in [0.2, 0.25) is 0 Å². The Morgan fingerprint density at radius 2 is 2.03 bits per heavy atom. The lowest BCUT2D eigenvalue weighted by molar-refractivity contribution is -0.157. The Morgan fingerprint density at radius 3 is 2.64 bits per heavy atom. The average molecular weight is 469 g/mol. The third kappa shape index (κ3) is 7.08. The molecule has 0 aliphatic carbocycles. The van der Waals surface area contributed by atoms with Gasteiger partial charge in [0.2, 0.25) is 6.17 Å². The number of fused-ring (bicyclic) bond motifs is 2. The number of methoxy groups -OCH3 is 1. The zero-order valence-electron chi connectivity index (χ0n) is 20.3. The molecule has 0 saturated carbocycles. The highest BCUT2D eigenvalue weighted by molar-refractivity contribution is 5.75. The number of esters is 1. The molecule has 186 valence electrons. The lowest BCUT2D eigenvalue weighted by Crippen LogP contribution is -2.40. The highest BCUT2D eigenvalue weighted by Gasteiger charge is 2.36. The molecule has 6 unspecified atom stereocenters. The van der Waals surface area contributed by atoms with Gasteiger partial charge in [-0.2, -0.15) is 0 Å². The van der Waals surface area contributed by atoms with Crippen LogP contribution in [-0.2, 0) is 26.1 Å². The monoisotopic (exact) mass is 468 g/mol. The largest absolute Gasteiger partial charge is 0.456 e. The van der Waals surface area contributed by atoms with Gasteiger partial charge in [-0.05, 0) is 30.0 Å². The van der Waals surface area contributed by atoms with Crippen molar-refractivity contribution in [1.29, 1.82) is 0 Å². The molecule has 33 heavy (non-hydrogen) atoms. The third-order valence-electron chi connectivity index (χ3n) is 6.80. The van der Waals surface area contributed by atoms with Crippen molar-refractivity contribution in [2.24, 2.45) is 5.92 Å². The summed E-state index contributed by atoms with van der Waals surface area (Å²) in [6.07, 6.45) is -4.04. The van der Waals surface area contributed by atoms with Crippen LogP contribution >= 0.6 is 0 Å². The quantitative estimate of drug-likeness (QED) is 0.500. The van der Waals surface area contributed by atoms with E-state index in [-0.39, 0.29) is 31.8 Å². The van der Waals surface area contributed by atoms with E-state index in [9.17, 15) is 23.8 Å². The Labute approximate surface area is 195 Å². The molecule has 0 aromatic heterocycles. The van der Waals surface area contributed by atoms with Gasteiger partial charge in [0.15, 0.2) is 0 Å². The summed E-state index contributed by atoms with van der Waals surface area (Å²) in [6, 6.07) is 7.02. The smallest absolute Gasteiger partial charge is 0.344 e. The van der Waals surface area contributed by atoms with E-state index in [2.05, 4.69) is 0 Å². The molecule has 7 heteroatoms. The average Bonchev–Trinajstić information content (AvgIpc) is 2.79. The molecule has 2 bridgehead atoms. The van der Waals surface area contributed by atoms with Crippen molar-refractivity contribution in [2.75, 3.05) is 13.7 Å². The van der Waals surface area contributed by atoms with Gasteiger partial charge >= 0.3 is 5.97 Å². The summed E-state index contributed by atoms with van der Waals surface area (Å²) >= 11 is 0. The van der Waals surface area contributed by atoms with Crippen molar-refractivity contribution in [2.45, 2.75) is 89.4 Å². The standard InChI is InChI=1S/C26H38F2O5/c1-6-17(15-29)10-16(2)22-13-20(32-5)14-23(30)26(3,4)19-9-7-8-18(11-19)12-21(27)24(28)25(31)33-22/h7-11,17,20-24,29-30H,6,12-15H2,1-5H3. The van der Waals surface area contributed by atoms with Crippen LogP contribution in [0.3, 0.4) is 0 Å². The molecule has 6 atom stereocenters. The number of cyclic esters (lactones) is 1.